The molecule has 1 aromatic carbocycles. The smallest absolute Gasteiger partial charge is 0.363 e. The van der Waals surface area contributed by atoms with E-state index in [2.05, 4.69) is 19.4 Å². The maximum atomic E-state index is 11.6. The molecule has 1 aliphatic carbocycles. The molecule has 0 saturated heterocycles. The van der Waals surface area contributed by atoms with Crippen LogP contribution in [0.5, 0.6) is 0 Å². The minimum Gasteiger partial charge on any atom is -0.363 e. The quantitative estimate of drug-likeness (QED) is 0.754. The molecule has 1 aromatic rings. The van der Waals surface area contributed by atoms with Crippen LogP contribution >= 0.6 is 0 Å². The Balaban J connectivity index is 0.000000742. The molecule has 19 heavy (non-hydrogen) atoms. The number of hydrogen-bond donors (Lipinski definition) is 0. The van der Waals surface area contributed by atoms with Gasteiger partial charge in [0.15, 0.2) is 0 Å². The zero-order chi connectivity index (χ0) is 13.4. The third kappa shape index (κ3) is 6.18. The number of para-hydroxylation sites is 1. The minimum atomic E-state index is 0. The molecule has 0 N–H and O–H groups in total. The molecule has 100 valence electrons. The van der Waals surface area contributed by atoms with Crippen molar-refractivity contribution in [2.45, 2.75) is 45.6 Å². The summed E-state index contributed by atoms with van der Waals surface area (Å²) in [6.07, 6.45) is 6.59. The van der Waals surface area contributed by atoms with E-state index in [0.717, 1.165) is 24.9 Å². The van der Waals surface area contributed by atoms with Crippen molar-refractivity contribution in [3.05, 3.63) is 43.7 Å². The average Bonchev–Trinajstić information content (AvgIpc) is 2.85. The fraction of sp³-hybridized carbons (Fsp3) is 0.438. The first-order chi connectivity index (χ1) is 8.70. The van der Waals surface area contributed by atoms with E-state index in [4.69, 9.17) is 0 Å². The first kappa shape index (κ1) is 18.8. The van der Waals surface area contributed by atoms with E-state index in [-0.39, 0.29) is 44.7 Å². The third-order valence-electron chi connectivity index (χ3n) is 2.77. The molecule has 0 spiro atoms. The van der Waals surface area contributed by atoms with Gasteiger partial charge in [0.2, 0.25) is 5.91 Å². The standard InChI is InChI=1S/C13H15NO.C3H7.Y/c1-11(15)14(13-9-5-6-10-13)12-7-3-2-4-8-12;1-3-2;/h2-4,7,9,13H,5-6,10H2,1H3;1,3H2,2H3;/q-2;-1;+3. The molecule has 1 fully saturated rings. The maximum Gasteiger partial charge on any atom is 3.00 e. The van der Waals surface area contributed by atoms with Gasteiger partial charge in [-0.3, -0.25) is 4.79 Å². The Morgan fingerprint density at radius 3 is 2.68 bits per heavy atom. The predicted molar refractivity (Wildman–Crippen MR) is 76.0 cm³/mol. The number of anilines is 1. The Labute approximate surface area is 142 Å². The molecule has 0 bridgehead atoms. The molecule has 1 unspecified atom stereocenters. The second-order valence-electron chi connectivity index (χ2n) is 4.37. The molecule has 0 aliphatic heterocycles. The van der Waals surface area contributed by atoms with Gasteiger partial charge in [0.25, 0.3) is 0 Å². The van der Waals surface area contributed by atoms with Crippen LogP contribution < -0.4 is 4.90 Å². The number of carbonyl (C=O) groups excluding carboxylic acids is 1. The van der Waals surface area contributed by atoms with Gasteiger partial charge < -0.3 is 18.2 Å². The number of carbonyl (C=O) groups is 1. The SMILES string of the molecule is CC(=O)N(c1[c-]cccc1)C1[CH-]CCC1.[CH2-]CC.[Y+3]. The molecule has 1 amide bonds. The van der Waals surface area contributed by atoms with Crippen LogP contribution in [0.4, 0.5) is 5.69 Å². The van der Waals surface area contributed by atoms with Crippen LogP contribution in [0.3, 0.4) is 0 Å². The van der Waals surface area contributed by atoms with Crippen molar-refractivity contribution < 1.29 is 37.5 Å². The summed E-state index contributed by atoms with van der Waals surface area (Å²) in [7, 11) is 0. The van der Waals surface area contributed by atoms with Crippen molar-refractivity contribution in [3.8, 4) is 0 Å². The molecule has 0 aromatic heterocycles. The van der Waals surface area contributed by atoms with E-state index in [9.17, 15) is 4.79 Å². The van der Waals surface area contributed by atoms with Gasteiger partial charge in [-0.2, -0.15) is 37.1 Å². The van der Waals surface area contributed by atoms with Crippen LogP contribution in [-0.4, -0.2) is 11.9 Å². The van der Waals surface area contributed by atoms with E-state index >= 15 is 0 Å². The maximum absolute atomic E-state index is 11.6. The average molecular weight is 333 g/mol. The fourth-order valence-corrected chi connectivity index (χ4v) is 2.11. The van der Waals surface area contributed by atoms with Gasteiger partial charge in [0.05, 0.1) is 0 Å². The van der Waals surface area contributed by atoms with Crippen LogP contribution in [-0.2, 0) is 37.5 Å². The number of benzene rings is 1. The van der Waals surface area contributed by atoms with Crippen molar-refractivity contribution in [2.24, 2.45) is 0 Å². The topological polar surface area (TPSA) is 20.3 Å². The van der Waals surface area contributed by atoms with E-state index in [1.54, 1.807) is 6.92 Å². The Bertz CT molecular complexity index is 347. The summed E-state index contributed by atoms with van der Waals surface area (Å²) in [5.74, 6) is 0.0978. The molecule has 2 rings (SSSR count). The minimum absolute atomic E-state index is 0. The van der Waals surface area contributed by atoms with Crippen LogP contribution in [0.2, 0.25) is 0 Å². The van der Waals surface area contributed by atoms with E-state index in [0.29, 0.717) is 0 Å². The Morgan fingerprint density at radius 1 is 1.58 bits per heavy atom. The zero-order valence-corrected chi connectivity index (χ0v) is 14.8. The second-order valence-corrected chi connectivity index (χ2v) is 4.37. The Hall–Kier alpha value is -0.206. The van der Waals surface area contributed by atoms with Crippen molar-refractivity contribution >= 4 is 11.6 Å². The Morgan fingerprint density at radius 2 is 2.26 bits per heavy atom. The van der Waals surface area contributed by atoms with Gasteiger partial charge >= 0.3 is 32.7 Å². The number of rotatable bonds is 2. The Kier molecular flexibility index (Phi) is 10.5. The number of amides is 1. The van der Waals surface area contributed by atoms with Crippen molar-refractivity contribution in [1.82, 2.24) is 0 Å². The van der Waals surface area contributed by atoms with E-state index in [1.807, 2.05) is 36.1 Å². The van der Waals surface area contributed by atoms with Crippen molar-refractivity contribution in [3.63, 3.8) is 0 Å². The third-order valence-corrected chi connectivity index (χ3v) is 2.77. The molecule has 1 aliphatic rings. The molecular formula is C16H22NOY. The van der Waals surface area contributed by atoms with Gasteiger partial charge in [-0.05, 0) is 0 Å². The second kappa shape index (κ2) is 10.6. The molecular weight excluding hydrogens is 311 g/mol. The summed E-state index contributed by atoms with van der Waals surface area (Å²) in [6, 6.07) is 11.0. The van der Waals surface area contributed by atoms with Crippen LogP contribution in [0.1, 0.15) is 39.5 Å². The van der Waals surface area contributed by atoms with Gasteiger partial charge in [0, 0.05) is 6.92 Å². The van der Waals surface area contributed by atoms with Crippen LogP contribution in [0.15, 0.2) is 24.3 Å². The fourth-order valence-electron chi connectivity index (χ4n) is 2.11. The van der Waals surface area contributed by atoms with Crippen LogP contribution in [0, 0.1) is 19.4 Å². The van der Waals surface area contributed by atoms with Gasteiger partial charge in [0.1, 0.15) is 0 Å². The number of nitrogens with zero attached hydrogens (tertiary/aromatic N) is 1. The summed E-state index contributed by atoms with van der Waals surface area (Å²) in [4.78, 5) is 13.5. The molecule has 3 heteroatoms. The van der Waals surface area contributed by atoms with E-state index in [1.165, 1.54) is 6.42 Å². The zero-order valence-electron chi connectivity index (χ0n) is 11.9. The molecule has 1 atom stereocenters. The molecule has 2 nitrogen and oxygen atoms in total. The summed E-state index contributed by atoms with van der Waals surface area (Å²) in [5.41, 5.74) is 0.883. The summed E-state index contributed by atoms with van der Waals surface area (Å²) >= 11 is 0. The number of hydrogen-bond acceptors (Lipinski definition) is 1. The summed E-state index contributed by atoms with van der Waals surface area (Å²) < 4.78 is 0. The largest absolute Gasteiger partial charge is 3.00 e. The normalized spacial score (nSPS) is 16.9. The van der Waals surface area contributed by atoms with Crippen molar-refractivity contribution in [2.75, 3.05) is 4.90 Å². The monoisotopic (exact) mass is 333 g/mol. The predicted octanol–water partition coefficient (Wildman–Crippen LogP) is 3.82. The van der Waals surface area contributed by atoms with Crippen LogP contribution in [0.25, 0.3) is 0 Å². The first-order valence-corrected chi connectivity index (χ1v) is 6.59. The van der Waals surface area contributed by atoms with Crippen molar-refractivity contribution in [1.29, 1.82) is 0 Å². The van der Waals surface area contributed by atoms with Gasteiger partial charge in [-0.25, -0.2) is 0 Å². The molecule has 0 heterocycles. The molecule has 1 saturated carbocycles. The van der Waals surface area contributed by atoms with Gasteiger partial charge in [-0.15, -0.1) is 6.07 Å². The summed E-state index contributed by atoms with van der Waals surface area (Å²) in [6.45, 7) is 7.12. The summed E-state index contributed by atoms with van der Waals surface area (Å²) in [5, 5.41) is 0. The first-order valence-electron chi connectivity index (χ1n) is 6.59. The van der Waals surface area contributed by atoms with Gasteiger partial charge in [-0.1, -0.05) is 31.5 Å². The van der Waals surface area contributed by atoms with E-state index < -0.39 is 0 Å². The molecule has 0 radical (unpaired) electrons.